The van der Waals surface area contributed by atoms with Gasteiger partial charge in [-0.3, -0.25) is 4.79 Å². The second-order valence-electron chi connectivity index (χ2n) is 5.30. The van der Waals surface area contributed by atoms with Crippen LogP contribution in [-0.4, -0.2) is 18.7 Å². The molecule has 0 radical (unpaired) electrons. The van der Waals surface area contributed by atoms with Crippen molar-refractivity contribution >= 4 is 23.2 Å². The van der Waals surface area contributed by atoms with E-state index in [0.29, 0.717) is 16.3 Å². The quantitative estimate of drug-likeness (QED) is 0.677. The van der Waals surface area contributed by atoms with Crippen LogP contribution in [0, 0.1) is 13.8 Å². The van der Waals surface area contributed by atoms with E-state index in [1.807, 2.05) is 32.9 Å². The molecule has 0 unspecified atom stereocenters. The van der Waals surface area contributed by atoms with Crippen molar-refractivity contribution in [3.8, 4) is 5.75 Å². The first-order chi connectivity index (χ1) is 10.9. The summed E-state index contributed by atoms with van der Waals surface area (Å²) >= 11 is 5.94. The molecular formula is C18H19ClN2O2. The van der Waals surface area contributed by atoms with Crippen molar-refractivity contribution in [1.82, 2.24) is 5.43 Å². The first kappa shape index (κ1) is 17.0. The van der Waals surface area contributed by atoms with Crippen molar-refractivity contribution in [1.29, 1.82) is 0 Å². The minimum atomic E-state index is -0.367. The molecule has 120 valence electrons. The first-order valence-electron chi connectivity index (χ1n) is 7.18. The smallest absolute Gasteiger partial charge is 0.275 e. The van der Waals surface area contributed by atoms with Gasteiger partial charge in [0.05, 0.1) is 18.4 Å². The van der Waals surface area contributed by atoms with E-state index in [2.05, 4.69) is 16.6 Å². The van der Waals surface area contributed by atoms with Crippen LogP contribution in [0.2, 0.25) is 5.02 Å². The van der Waals surface area contributed by atoms with Gasteiger partial charge in [-0.1, -0.05) is 35.4 Å². The number of nitrogens with one attached hydrogen (secondary N) is 1. The highest BCUT2D eigenvalue weighted by Crippen LogP contribution is 2.22. The molecule has 23 heavy (non-hydrogen) atoms. The summed E-state index contributed by atoms with van der Waals surface area (Å²) in [6.45, 7) is 5.91. The van der Waals surface area contributed by atoms with Gasteiger partial charge in [-0.2, -0.15) is 5.10 Å². The number of nitrogens with zero attached hydrogens (tertiary/aromatic N) is 1. The number of hydrazone groups is 1. The van der Waals surface area contributed by atoms with Crippen LogP contribution >= 0.6 is 11.6 Å². The Hall–Kier alpha value is -2.33. The average molecular weight is 331 g/mol. The zero-order chi connectivity index (χ0) is 17.0. The molecule has 1 N–H and O–H groups in total. The molecule has 0 aliphatic rings. The summed E-state index contributed by atoms with van der Waals surface area (Å²) in [7, 11) is 1.50. The van der Waals surface area contributed by atoms with Gasteiger partial charge in [-0.05, 0) is 44.5 Å². The van der Waals surface area contributed by atoms with Gasteiger partial charge in [0.2, 0.25) is 0 Å². The molecule has 0 spiro atoms. The molecule has 0 saturated carbocycles. The van der Waals surface area contributed by atoms with Gasteiger partial charge >= 0.3 is 0 Å². The largest absolute Gasteiger partial charge is 0.496 e. The summed E-state index contributed by atoms with van der Waals surface area (Å²) in [5, 5.41) is 4.65. The second kappa shape index (κ2) is 7.29. The minimum Gasteiger partial charge on any atom is -0.496 e. The Kier molecular flexibility index (Phi) is 5.40. The maximum Gasteiger partial charge on any atom is 0.275 e. The summed E-state index contributed by atoms with van der Waals surface area (Å²) in [4.78, 5) is 12.3. The van der Waals surface area contributed by atoms with E-state index < -0.39 is 0 Å². The maximum atomic E-state index is 12.3. The number of aryl methyl sites for hydroxylation is 2. The van der Waals surface area contributed by atoms with Crippen LogP contribution in [0.5, 0.6) is 5.75 Å². The maximum absolute atomic E-state index is 12.3. The molecule has 2 aromatic carbocycles. The molecule has 0 heterocycles. The predicted molar refractivity (Wildman–Crippen MR) is 93.6 cm³/mol. The van der Waals surface area contributed by atoms with E-state index in [1.165, 1.54) is 12.7 Å². The molecule has 0 aromatic heterocycles. The third kappa shape index (κ3) is 4.11. The number of benzene rings is 2. The summed E-state index contributed by atoms with van der Waals surface area (Å²) in [5.41, 5.74) is 6.92. The minimum absolute atomic E-state index is 0.345. The average Bonchev–Trinajstić information content (AvgIpc) is 2.52. The molecule has 0 aliphatic carbocycles. The van der Waals surface area contributed by atoms with E-state index in [4.69, 9.17) is 16.3 Å². The van der Waals surface area contributed by atoms with Crippen molar-refractivity contribution in [2.45, 2.75) is 20.8 Å². The van der Waals surface area contributed by atoms with Gasteiger partial charge < -0.3 is 4.74 Å². The number of carbonyl (C=O) groups is 1. The lowest BCUT2D eigenvalue weighted by Crippen LogP contribution is -2.20. The fourth-order valence-corrected chi connectivity index (χ4v) is 2.50. The summed E-state index contributed by atoms with van der Waals surface area (Å²) in [6.07, 6.45) is 0. The number of methoxy groups -OCH3 is 1. The molecule has 4 nitrogen and oxygen atoms in total. The molecule has 5 heteroatoms. The summed E-state index contributed by atoms with van der Waals surface area (Å²) in [6, 6.07) is 11.0. The fourth-order valence-electron chi connectivity index (χ4n) is 2.33. The van der Waals surface area contributed by atoms with Gasteiger partial charge in [0.25, 0.3) is 5.91 Å². The third-order valence-corrected chi connectivity index (χ3v) is 3.74. The number of halogens is 1. The van der Waals surface area contributed by atoms with Crippen molar-refractivity contribution in [3.05, 3.63) is 63.7 Å². The van der Waals surface area contributed by atoms with E-state index in [9.17, 15) is 4.79 Å². The molecule has 0 saturated heterocycles. The molecule has 2 aromatic rings. The molecule has 1 amide bonds. The van der Waals surface area contributed by atoms with Crippen LogP contribution in [0.4, 0.5) is 0 Å². The van der Waals surface area contributed by atoms with Gasteiger partial charge in [0.15, 0.2) is 0 Å². The Morgan fingerprint density at radius 3 is 2.52 bits per heavy atom. The number of hydrogen-bond donors (Lipinski definition) is 1. The number of amides is 1. The summed E-state index contributed by atoms with van der Waals surface area (Å²) < 4.78 is 5.18. The van der Waals surface area contributed by atoms with E-state index in [1.54, 1.807) is 18.2 Å². The molecule has 0 atom stereocenters. The lowest BCUT2D eigenvalue weighted by atomic mass is 10.0. The lowest BCUT2D eigenvalue weighted by Gasteiger charge is -2.09. The molecule has 0 bridgehead atoms. The van der Waals surface area contributed by atoms with Crippen molar-refractivity contribution in [2.24, 2.45) is 5.10 Å². The first-order valence-corrected chi connectivity index (χ1v) is 7.56. The Balaban J connectivity index is 2.22. The topological polar surface area (TPSA) is 50.7 Å². The third-order valence-electron chi connectivity index (χ3n) is 3.50. The second-order valence-corrected chi connectivity index (χ2v) is 5.74. The van der Waals surface area contributed by atoms with Crippen LogP contribution in [-0.2, 0) is 0 Å². The zero-order valence-corrected chi connectivity index (χ0v) is 14.4. The number of rotatable bonds is 4. The summed E-state index contributed by atoms with van der Waals surface area (Å²) in [5.74, 6) is 0.0831. The molecule has 0 aliphatic heterocycles. The molecular weight excluding hydrogens is 312 g/mol. The van der Waals surface area contributed by atoms with Crippen molar-refractivity contribution in [3.63, 3.8) is 0 Å². The van der Waals surface area contributed by atoms with Crippen LogP contribution in [0.3, 0.4) is 0 Å². The van der Waals surface area contributed by atoms with Gasteiger partial charge in [0.1, 0.15) is 5.75 Å². The van der Waals surface area contributed by atoms with Gasteiger partial charge in [0, 0.05) is 10.6 Å². The van der Waals surface area contributed by atoms with Crippen molar-refractivity contribution < 1.29 is 9.53 Å². The van der Waals surface area contributed by atoms with Crippen LogP contribution in [0.15, 0.2) is 41.5 Å². The highest BCUT2D eigenvalue weighted by atomic mass is 35.5. The highest BCUT2D eigenvalue weighted by Gasteiger charge is 2.12. The Bertz CT molecular complexity index is 770. The van der Waals surface area contributed by atoms with E-state index >= 15 is 0 Å². The molecule has 2 rings (SSSR count). The molecule has 0 fully saturated rings. The number of ether oxygens (including phenoxy) is 1. The fraction of sp³-hybridized carbons (Fsp3) is 0.222. The zero-order valence-electron chi connectivity index (χ0n) is 13.6. The van der Waals surface area contributed by atoms with Gasteiger partial charge in [-0.25, -0.2) is 5.43 Å². The van der Waals surface area contributed by atoms with Crippen molar-refractivity contribution in [2.75, 3.05) is 7.11 Å². The highest BCUT2D eigenvalue weighted by molar-refractivity contribution is 6.31. The van der Waals surface area contributed by atoms with Crippen LogP contribution in [0.1, 0.15) is 34.0 Å². The Labute approximate surface area is 141 Å². The van der Waals surface area contributed by atoms with E-state index in [0.717, 1.165) is 16.8 Å². The Morgan fingerprint density at radius 1 is 1.13 bits per heavy atom. The number of carbonyl (C=O) groups excluding carboxylic acids is 1. The normalized spacial score (nSPS) is 11.3. The SMILES string of the molecule is COc1ccc(Cl)cc1C(=O)N/N=C(\C)c1ccc(C)cc1C. The van der Waals surface area contributed by atoms with Crippen LogP contribution < -0.4 is 10.2 Å². The number of hydrogen-bond acceptors (Lipinski definition) is 3. The van der Waals surface area contributed by atoms with E-state index in [-0.39, 0.29) is 5.91 Å². The predicted octanol–water partition coefficient (Wildman–Crippen LogP) is 4.12. The Morgan fingerprint density at radius 2 is 1.87 bits per heavy atom. The monoisotopic (exact) mass is 330 g/mol. The van der Waals surface area contributed by atoms with Gasteiger partial charge in [-0.15, -0.1) is 0 Å². The standard InChI is InChI=1S/C18H19ClN2O2/c1-11-5-7-15(12(2)9-11)13(3)20-21-18(22)16-10-14(19)6-8-17(16)23-4/h5-10H,1-4H3,(H,21,22)/b20-13+. The lowest BCUT2D eigenvalue weighted by molar-refractivity contribution is 0.0952. The van der Waals surface area contributed by atoms with Crippen LogP contribution in [0.25, 0.3) is 0 Å².